The SMILES string of the molecule is O=C(NC[C@@H]1COC2(CCCCC2)O1)C1CCCC1. The molecule has 2 saturated carbocycles. The van der Waals surface area contributed by atoms with Crippen LogP contribution in [0.5, 0.6) is 0 Å². The van der Waals surface area contributed by atoms with Gasteiger partial charge in [-0.05, 0) is 25.7 Å². The van der Waals surface area contributed by atoms with E-state index in [4.69, 9.17) is 9.47 Å². The zero-order valence-electron chi connectivity index (χ0n) is 11.7. The van der Waals surface area contributed by atoms with Crippen molar-refractivity contribution < 1.29 is 14.3 Å². The lowest BCUT2D eigenvalue weighted by Crippen LogP contribution is -2.38. The first kappa shape index (κ1) is 13.4. The van der Waals surface area contributed by atoms with Gasteiger partial charge < -0.3 is 14.8 Å². The highest BCUT2D eigenvalue weighted by atomic mass is 16.7. The van der Waals surface area contributed by atoms with Crippen LogP contribution in [-0.4, -0.2) is 30.9 Å². The van der Waals surface area contributed by atoms with Crippen molar-refractivity contribution in [3.63, 3.8) is 0 Å². The number of ether oxygens (including phenoxy) is 2. The van der Waals surface area contributed by atoms with Crippen LogP contribution in [0, 0.1) is 5.92 Å². The highest BCUT2D eigenvalue weighted by Crippen LogP contribution is 2.37. The summed E-state index contributed by atoms with van der Waals surface area (Å²) in [6.45, 7) is 1.24. The maximum absolute atomic E-state index is 12.0. The van der Waals surface area contributed by atoms with Gasteiger partial charge in [-0.3, -0.25) is 4.79 Å². The predicted molar refractivity (Wildman–Crippen MR) is 71.6 cm³/mol. The summed E-state index contributed by atoms with van der Waals surface area (Å²) < 4.78 is 11.9. The second kappa shape index (κ2) is 5.80. The summed E-state index contributed by atoms with van der Waals surface area (Å²) in [5.74, 6) is 0.137. The number of hydrogen-bond acceptors (Lipinski definition) is 3. The Morgan fingerprint density at radius 3 is 2.58 bits per heavy atom. The Kier molecular flexibility index (Phi) is 4.08. The van der Waals surface area contributed by atoms with Crippen LogP contribution in [-0.2, 0) is 14.3 Å². The largest absolute Gasteiger partial charge is 0.353 e. The first-order chi connectivity index (χ1) is 9.27. The van der Waals surface area contributed by atoms with Gasteiger partial charge in [0.05, 0.1) is 6.61 Å². The van der Waals surface area contributed by atoms with Gasteiger partial charge in [0.25, 0.3) is 0 Å². The van der Waals surface area contributed by atoms with Gasteiger partial charge in [0.2, 0.25) is 5.91 Å². The number of hydrogen-bond donors (Lipinski definition) is 1. The van der Waals surface area contributed by atoms with E-state index in [0.717, 1.165) is 25.7 Å². The highest BCUT2D eigenvalue weighted by Gasteiger charge is 2.42. The molecule has 0 radical (unpaired) electrons. The Hall–Kier alpha value is -0.610. The summed E-state index contributed by atoms with van der Waals surface area (Å²) in [5, 5.41) is 3.04. The molecule has 1 saturated heterocycles. The van der Waals surface area contributed by atoms with Crippen LogP contribution in [0.1, 0.15) is 57.8 Å². The third-order valence-corrected chi connectivity index (χ3v) is 4.76. The van der Waals surface area contributed by atoms with Gasteiger partial charge in [0, 0.05) is 25.3 Å². The van der Waals surface area contributed by atoms with Gasteiger partial charge in [0.15, 0.2) is 5.79 Å². The van der Waals surface area contributed by atoms with E-state index >= 15 is 0 Å². The fourth-order valence-electron chi connectivity index (χ4n) is 3.62. The molecule has 3 rings (SSSR count). The van der Waals surface area contributed by atoms with Gasteiger partial charge in [-0.1, -0.05) is 19.3 Å². The summed E-state index contributed by atoms with van der Waals surface area (Å²) in [7, 11) is 0. The van der Waals surface area contributed by atoms with Gasteiger partial charge in [-0.25, -0.2) is 0 Å². The molecule has 108 valence electrons. The second-order valence-corrected chi connectivity index (χ2v) is 6.25. The minimum Gasteiger partial charge on any atom is -0.353 e. The van der Waals surface area contributed by atoms with Crippen LogP contribution >= 0.6 is 0 Å². The van der Waals surface area contributed by atoms with Crippen LogP contribution in [0.25, 0.3) is 0 Å². The van der Waals surface area contributed by atoms with E-state index in [1.54, 1.807) is 0 Å². The van der Waals surface area contributed by atoms with Crippen molar-refractivity contribution in [2.45, 2.75) is 69.7 Å². The van der Waals surface area contributed by atoms with E-state index in [1.165, 1.54) is 32.1 Å². The van der Waals surface area contributed by atoms with E-state index in [0.29, 0.717) is 13.2 Å². The molecule has 1 heterocycles. The summed E-state index contributed by atoms with van der Waals surface area (Å²) in [4.78, 5) is 12.0. The van der Waals surface area contributed by atoms with Crippen molar-refractivity contribution in [1.82, 2.24) is 5.32 Å². The first-order valence-corrected chi connectivity index (χ1v) is 7.87. The van der Waals surface area contributed by atoms with E-state index in [1.807, 2.05) is 0 Å². The fraction of sp³-hybridized carbons (Fsp3) is 0.933. The molecular formula is C15H25NO3. The standard InChI is InChI=1S/C15H25NO3/c17-14(12-6-2-3-7-12)16-10-13-11-18-15(19-13)8-4-1-5-9-15/h12-13H,1-11H2,(H,16,17)/t13-/m1/s1. The lowest BCUT2D eigenvalue weighted by molar-refractivity contribution is -0.186. The van der Waals surface area contributed by atoms with Gasteiger partial charge in [-0.15, -0.1) is 0 Å². The topological polar surface area (TPSA) is 47.6 Å². The maximum Gasteiger partial charge on any atom is 0.223 e. The van der Waals surface area contributed by atoms with E-state index in [9.17, 15) is 4.79 Å². The Labute approximate surface area is 115 Å². The lowest BCUT2D eigenvalue weighted by atomic mass is 9.94. The van der Waals surface area contributed by atoms with Crippen LogP contribution < -0.4 is 5.32 Å². The zero-order valence-corrected chi connectivity index (χ0v) is 11.7. The van der Waals surface area contributed by atoms with E-state index < -0.39 is 0 Å². The first-order valence-electron chi connectivity index (χ1n) is 7.87. The molecule has 1 aliphatic heterocycles. The van der Waals surface area contributed by atoms with Crippen molar-refractivity contribution in [1.29, 1.82) is 0 Å². The van der Waals surface area contributed by atoms with E-state index in [2.05, 4.69) is 5.32 Å². The predicted octanol–water partition coefficient (Wildman–Crippen LogP) is 2.37. The van der Waals surface area contributed by atoms with Gasteiger partial charge >= 0.3 is 0 Å². The monoisotopic (exact) mass is 267 g/mol. The average Bonchev–Trinajstić information content (AvgIpc) is 3.08. The normalized spacial score (nSPS) is 30.8. The molecule has 4 heteroatoms. The molecule has 2 aliphatic carbocycles. The summed E-state index contributed by atoms with van der Waals surface area (Å²) >= 11 is 0. The van der Waals surface area contributed by atoms with Crippen LogP contribution in [0.4, 0.5) is 0 Å². The fourth-order valence-corrected chi connectivity index (χ4v) is 3.62. The van der Waals surface area contributed by atoms with Crippen LogP contribution in [0.2, 0.25) is 0 Å². The van der Waals surface area contributed by atoms with Crippen molar-refractivity contribution in [3.05, 3.63) is 0 Å². The highest BCUT2D eigenvalue weighted by molar-refractivity contribution is 5.78. The smallest absolute Gasteiger partial charge is 0.223 e. The zero-order chi connectivity index (χ0) is 13.1. The molecule has 0 aromatic rings. The van der Waals surface area contributed by atoms with Crippen molar-refractivity contribution >= 4 is 5.91 Å². The quantitative estimate of drug-likeness (QED) is 0.854. The maximum atomic E-state index is 12.0. The van der Waals surface area contributed by atoms with Crippen molar-refractivity contribution in [3.8, 4) is 0 Å². The number of nitrogens with one attached hydrogen (secondary N) is 1. The molecule has 19 heavy (non-hydrogen) atoms. The summed E-state index contributed by atoms with van der Waals surface area (Å²) in [6, 6.07) is 0. The van der Waals surface area contributed by atoms with Crippen LogP contribution in [0.15, 0.2) is 0 Å². The molecule has 1 amide bonds. The summed E-state index contributed by atoms with van der Waals surface area (Å²) in [5.41, 5.74) is 0. The van der Waals surface area contributed by atoms with E-state index in [-0.39, 0.29) is 23.7 Å². The minimum atomic E-state index is -0.318. The number of carbonyl (C=O) groups is 1. The third kappa shape index (κ3) is 3.11. The third-order valence-electron chi connectivity index (χ3n) is 4.76. The van der Waals surface area contributed by atoms with Gasteiger partial charge in [0.1, 0.15) is 6.10 Å². The summed E-state index contributed by atoms with van der Waals surface area (Å²) in [6.07, 6.45) is 10.3. The number of carbonyl (C=O) groups excluding carboxylic acids is 1. The number of rotatable bonds is 3. The average molecular weight is 267 g/mol. The molecule has 0 aromatic carbocycles. The number of amides is 1. The molecule has 1 N–H and O–H groups in total. The molecule has 0 aromatic heterocycles. The van der Waals surface area contributed by atoms with Crippen molar-refractivity contribution in [2.75, 3.05) is 13.2 Å². The van der Waals surface area contributed by atoms with Crippen molar-refractivity contribution in [2.24, 2.45) is 5.92 Å². The second-order valence-electron chi connectivity index (χ2n) is 6.25. The molecule has 4 nitrogen and oxygen atoms in total. The molecule has 3 fully saturated rings. The Bertz CT molecular complexity index is 319. The Morgan fingerprint density at radius 2 is 1.84 bits per heavy atom. The van der Waals surface area contributed by atoms with Crippen LogP contribution in [0.3, 0.4) is 0 Å². The molecular weight excluding hydrogens is 242 g/mol. The molecule has 0 unspecified atom stereocenters. The van der Waals surface area contributed by atoms with Gasteiger partial charge in [-0.2, -0.15) is 0 Å². The Balaban J connectivity index is 1.42. The lowest BCUT2D eigenvalue weighted by Gasteiger charge is -2.31. The molecule has 3 aliphatic rings. The Morgan fingerprint density at radius 1 is 1.11 bits per heavy atom. The molecule has 0 bridgehead atoms. The minimum absolute atomic E-state index is 0.0449. The molecule has 1 spiro atoms. The molecule has 1 atom stereocenters.